The molecular formula is C13H20N2O2. The summed E-state index contributed by atoms with van der Waals surface area (Å²) in [6, 6.07) is 9.91. The number of carbonyl (C=O) groups excluding carboxylic acids is 1. The Hall–Kier alpha value is -1.39. The Morgan fingerprint density at radius 2 is 2.06 bits per heavy atom. The van der Waals surface area contributed by atoms with Crippen LogP contribution in [0.4, 0.5) is 0 Å². The SMILES string of the molecule is COC(C)C(=O)NC(CN)Cc1ccccc1. The molecule has 0 aliphatic heterocycles. The maximum atomic E-state index is 11.6. The molecule has 2 atom stereocenters. The summed E-state index contributed by atoms with van der Waals surface area (Å²) in [6.07, 6.45) is 0.291. The zero-order chi connectivity index (χ0) is 12.7. The number of rotatable bonds is 6. The molecule has 1 aromatic carbocycles. The Morgan fingerprint density at radius 1 is 1.41 bits per heavy atom. The van der Waals surface area contributed by atoms with Gasteiger partial charge >= 0.3 is 0 Å². The average molecular weight is 236 g/mol. The van der Waals surface area contributed by atoms with E-state index in [1.54, 1.807) is 6.92 Å². The highest BCUT2D eigenvalue weighted by Crippen LogP contribution is 2.03. The third-order valence-corrected chi connectivity index (χ3v) is 2.68. The molecule has 0 radical (unpaired) electrons. The first-order valence-corrected chi connectivity index (χ1v) is 5.74. The van der Waals surface area contributed by atoms with E-state index >= 15 is 0 Å². The summed E-state index contributed by atoms with van der Waals surface area (Å²) in [5, 5.41) is 2.88. The number of hydrogen-bond acceptors (Lipinski definition) is 3. The van der Waals surface area contributed by atoms with E-state index < -0.39 is 6.10 Å². The molecule has 0 saturated heterocycles. The van der Waals surface area contributed by atoms with Crippen LogP contribution in [0.3, 0.4) is 0 Å². The second-order valence-corrected chi connectivity index (χ2v) is 4.01. The fourth-order valence-corrected chi connectivity index (χ4v) is 1.52. The van der Waals surface area contributed by atoms with Crippen molar-refractivity contribution >= 4 is 5.91 Å². The zero-order valence-corrected chi connectivity index (χ0v) is 10.3. The van der Waals surface area contributed by atoms with Gasteiger partial charge in [-0.1, -0.05) is 30.3 Å². The fraction of sp³-hybridized carbons (Fsp3) is 0.462. The summed E-state index contributed by atoms with van der Waals surface area (Å²) in [7, 11) is 1.51. The number of benzene rings is 1. The highest BCUT2D eigenvalue weighted by atomic mass is 16.5. The van der Waals surface area contributed by atoms with Crippen molar-refractivity contribution in [2.45, 2.75) is 25.5 Å². The third-order valence-electron chi connectivity index (χ3n) is 2.68. The van der Waals surface area contributed by atoms with Gasteiger partial charge in [-0.25, -0.2) is 0 Å². The average Bonchev–Trinajstić information content (AvgIpc) is 2.38. The second-order valence-electron chi connectivity index (χ2n) is 4.01. The Kier molecular flexibility index (Phi) is 5.66. The maximum Gasteiger partial charge on any atom is 0.249 e. The molecule has 3 N–H and O–H groups in total. The number of ether oxygens (including phenoxy) is 1. The number of methoxy groups -OCH3 is 1. The van der Waals surface area contributed by atoms with E-state index in [0.717, 1.165) is 12.0 Å². The van der Waals surface area contributed by atoms with E-state index in [1.165, 1.54) is 7.11 Å². The Balaban J connectivity index is 2.52. The Labute approximate surface area is 102 Å². The van der Waals surface area contributed by atoms with Crippen molar-refractivity contribution in [1.29, 1.82) is 0 Å². The minimum absolute atomic E-state index is 0.0532. The standard InChI is InChI=1S/C13H20N2O2/c1-10(17-2)13(16)15-12(9-14)8-11-6-4-3-5-7-11/h3-7,10,12H,8-9,14H2,1-2H3,(H,15,16). The van der Waals surface area contributed by atoms with Gasteiger partial charge in [-0.05, 0) is 18.9 Å². The summed E-state index contributed by atoms with van der Waals surface area (Å²) in [6.45, 7) is 2.13. The van der Waals surface area contributed by atoms with Crippen LogP contribution in [-0.4, -0.2) is 31.7 Å². The lowest BCUT2D eigenvalue weighted by molar-refractivity contribution is -0.130. The van der Waals surface area contributed by atoms with Crippen LogP contribution >= 0.6 is 0 Å². The lowest BCUT2D eigenvalue weighted by Gasteiger charge is -2.19. The van der Waals surface area contributed by atoms with Crippen LogP contribution in [0.25, 0.3) is 0 Å². The van der Waals surface area contributed by atoms with Crippen LogP contribution in [0.1, 0.15) is 12.5 Å². The van der Waals surface area contributed by atoms with Gasteiger partial charge in [-0.2, -0.15) is 0 Å². The lowest BCUT2D eigenvalue weighted by atomic mass is 10.1. The van der Waals surface area contributed by atoms with E-state index in [4.69, 9.17) is 10.5 Å². The van der Waals surface area contributed by atoms with E-state index in [2.05, 4.69) is 5.32 Å². The number of amides is 1. The molecule has 1 amide bonds. The molecular weight excluding hydrogens is 216 g/mol. The number of nitrogens with two attached hydrogens (primary N) is 1. The van der Waals surface area contributed by atoms with Gasteiger partial charge in [0.15, 0.2) is 0 Å². The molecule has 0 aliphatic carbocycles. The summed E-state index contributed by atoms with van der Waals surface area (Å²) >= 11 is 0. The number of nitrogens with one attached hydrogen (secondary N) is 1. The van der Waals surface area contributed by atoms with E-state index in [0.29, 0.717) is 6.54 Å². The minimum atomic E-state index is -0.445. The molecule has 0 heterocycles. The first-order chi connectivity index (χ1) is 8.17. The monoisotopic (exact) mass is 236 g/mol. The van der Waals surface area contributed by atoms with Crippen LogP contribution in [0.2, 0.25) is 0 Å². The van der Waals surface area contributed by atoms with Crippen molar-refractivity contribution in [3.63, 3.8) is 0 Å². The summed E-state index contributed by atoms with van der Waals surface area (Å²) in [5.41, 5.74) is 6.82. The molecule has 0 aromatic heterocycles. The molecule has 17 heavy (non-hydrogen) atoms. The van der Waals surface area contributed by atoms with E-state index in [-0.39, 0.29) is 11.9 Å². The Morgan fingerprint density at radius 3 is 2.59 bits per heavy atom. The van der Waals surface area contributed by atoms with Crippen LogP contribution in [0.5, 0.6) is 0 Å². The minimum Gasteiger partial charge on any atom is -0.372 e. The third kappa shape index (κ3) is 4.54. The molecule has 0 bridgehead atoms. The van der Waals surface area contributed by atoms with Crippen LogP contribution in [-0.2, 0) is 16.0 Å². The van der Waals surface area contributed by atoms with Gasteiger partial charge in [0.2, 0.25) is 5.91 Å². The van der Waals surface area contributed by atoms with Crippen molar-refractivity contribution in [3.05, 3.63) is 35.9 Å². The zero-order valence-electron chi connectivity index (χ0n) is 10.3. The predicted octanol–water partition coefficient (Wildman–Crippen LogP) is 0.708. The van der Waals surface area contributed by atoms with Gasteiger partial charge in [0.25, 0.3) is 0 Å². The Bertz CT molecular complexity index is 341. The second kappa shape index (κ2) is 7.04. The number of carbonyl (C=O) groups is 1. The predicted molar refractivity (Wildman–Crippen MR) is 67.6 cm³/mol. The molecule has 0 spiro atoms. The van der Waals surface area contributed by atoms with E-state index in [9.17, 15) is 4.79 Å². The number of hydrogen-bond donors (Lipinski definition) is 2. The molecule has 1 aromatic rings. The molecule has 1 rings (SSSR count). The van der Waals surface area contributed by atoms with Gasteiger partial charge in [0, 0.05) is 19.7 Å². The van der Waals surface area contributed by atoms with Crippen molar-refractivity contribution in [1.82, 2.24) is 5.32 Å². The van der Waals surface area contributed by atoms with Crippen LogP contribution in [0, 0.1) is 0 Å². The van der Waals surface area contributed by atoms with Crippen molar-refractivity contribution < 1.29 is 9.53 Å². The van der Waals surface area contributed by atoms with Crippen molar-refractivity contribution in [2.75, 3.05) is 13.7 Å². The molecule has 4 heteroatoms. The fourth-order valence-electron chi connectivity index (χ4n) is 1.52. The quantitative estimate of drug-likeness (QED) is 0.764. The van der Waals surface area contributed by atoms with Gasteiger partial charge in [-0.15, -0.1) is 0 Å². The molecule has 0 aliphatic rings. The molecule has 2 unspecified atom stereocenters. The smallest absolute Gasteiger partial charge is 0.249 e. The van der Waals surface area contributed by atoms with Gasteiger partial charge in [0.05, 0.1) is 0 Å². The van der Waals surface area contributed by atoms with Gasteiger partial charge in [-0.3, -0.25) is 4.79 Å². The molecule has 4 nitrogen and oxygen atoms in total. The molecule has 0 fully saturated rings. The lowest BCUT2D eigenvalue weighted by Crippen LogP contribution is -2.45. The molecule has 0 saturated carbocycles. The summed E-state index contributed by atoms with van der Waals surface area (Å²) in [4.78, 5) is 11.6. The first-order valence-electron chi connectivity index (χ1n) is 5.74. The topological polar surface area (TPSA) is 64.3 Å². The highest BCUT2D eigenvalue weighted by molar-refractivity contribution is 5.80. The van der Waals surface area contributed by atoms with Crippen LogP contribution in [0.15, 0.2) is 30.3 Å². The van der Waals surface area contributed by atoms with E-state index in [1.807, 2.05) is 30.3 Å². The largest absolute Gasteiger partial charge is 0.372 e. The van der Waals surface area contributed by atoms with Crippen molar-refractivity contribution in [3.8, 4) is 0 Å². The van der Waals surface area contributed by atoms with Gasteiger partial charge in [0.1, 0.15) is 6.10 Å². The van der Waals surface area contributed by atoms with Crippen molar-refractivity contribution in [2.24, 2.45) is 5.73 Å². The summed E-state index contributed by atoms with van der Waals surface area (Å²) < 4.78 is 4.95. The summed E-state index contributed by atoms with van der Waals surface area (Å²) in [5.74, 6) is -0.126. The van der Waals surface area contributed by atoms with Crippen LogP contribution < -0.4 is 11.1 Å². The first kappa shape index (κ1) is 13.7. The normalized spacial score (nSPS) is 14.1. The molecule has 94 valence electrons. The maximum absolute atomic E-state index is 11.6. The highest BCUT2D eigenvalue weighted by Gasteiger charge is 2.16. The van der Waals surface area contributed by atoms with Gasteiger partial charge < -0.3 is 15.8 Å².